The Labute approximate surface area is 94.0 Å². The fourth-order valence-corrected chi connectivity index (χ4v) is 1.23. The molecule has 0 fully saturated rings. The van der Waals surface area contributed by atoms with Gasteiger partial charge < -0.3 is 4.90 Å². The quantitative estimate of drug-likeness (QED) is 0.752. The minimum Gasteiger partial charge on any atom is -0.332 e. The molecule has 0 saturated carbocycles. The zero-order valence-corrected chi connectivity index (χ0v) is 9.27. The molecule has 0 aliphatic carbocycles. The molecular weight excluding hydrogens is 208 g/mol. The van der Waals surface area contributed by atoms with Crippen LogP contribution in [0.4, 0.5) is 0 Å². The zero-order chi connectivity index (χ0) is 12.0. The van der Waals surface area contributed by atoms with Crippen LogP contribution in [-0.2, 0) is 9.63 Å². The van der Waals surface area contributed by atoms with Crippen LogP contribution in [0.15, 0.2) is 30.3 Å². The van der Waals surface area contributed by atoms with Crippen LogP contribution in [-0.4, -0.2) is 37.4 Å². The summed E-state index contributed by atoms with van der Waals surface area (Å²) in [4.78, 5) is 28.7. The van der Waals surface area contributed by atoms with Gasteiger partial charge >= 0.3 is 0 Å². The Bertz CT molecular complexity index is 365. The number of carbonyl (C=O) groups excluding carboxylic acids is 2. The summed E-state index contributed by atoms with van der Waals surface area (Å²) in [5, 5.41) is 0. The zero-order valence-electron chi connectivity index (χ0n) is 9.27. The molecule has 0 bridgehead atoms. The van der Waals surface area contributed by atoms with Crippen molar-refractivity contribution in [2.75, 3.05) is 20.7 Å². The van der Waals surface area contributed by atoms with E-state index in [9.17, 15) is 9.59 Å². The first-order chi connectivity index (χ1) is 7.65. The molecule has 5 heteroatoms. The molecule has 2 amide bonds. The van der Waals surface area contributed by atoms with E-state index in [0.717, 1.165) is 0 Å². The van der Waals surface area contributed by atoms with Gasteiger partial charge in [0.05, 0.1) is 7.11 Å². The smallest absolute Gasteiger partial charge is 0.263 e. The van der Waals surface area contributed by atoms with E-state index in [1.807, 2.05) is 6.07 Å². The van der Waals surface area contributed by atoms with E-state index in [2.05, 4.69) is 10.3 Å². The fourth-order valence-electron chi connectivity index (χ4n) is 1.23. The highest BCUT2D eigenvalue weighted by molar-refractivity contribution is 5.96. The van der Waals surface area contributed by atoms with E-state index in [1.165, 1.54) is 12.0 Å². The molecule has 1 rings (SSSR count). The number of rotatable bonds is 4. The largest absolute Gasteiger partial charge is 0.332 e. The Morgan fingerprint density at radius 1 is 1.31 bits per heavy atom. The van der Waals surface area contributed by atoms with Crippen LogP contribution in [0.2, 0.25) is 0 Å². The molecule has 0 spiro atoms. The van der Waals surface area contributed by atoms with Crippen molar-refractivity contribution in [3.05, 3.63) is 35.9 Å². The number of hydrogen-bond acceptors (Lipinski definition) is 3. The van der Waals surface area contributed by atoms with Crippen LogP contribution in [0.3, 0.4) is 0 Å². The second-order valence-electron chi connectivity index (χ2n) is 3.26. The highest BCUT2D eigenvalue weighted by Gasteiger charge is 2.13. The summed E-state index contributed by atoms with van der Waals surface area (Å²) in [6.45, 7) is -0.0401. The Morgan fingerprint density at radius 2 is 1.94 bits per heavy atom. The minimum absolute atomic E-state index is 0.0401. The molecule has 0 saturated heterocycles. The standard InChI is InChI=1S/C11H14N2O3/c1-13(8-10(14)12-16-2)11(15)9-6-4-3-5-7-9/h3-7H,8H2,1-2H3,(H,12,14). The summed E-state index contributed by atoms with van der Waals surface area (Å²) >= 11 is 0. The van der Waals surface area contributed by atoms with Gasteiger partial charge in [0.1, 0.15) is 6.54 Å². The third-order valence-corrected chi connectivity index (χ3v) is 1.96. The molecule has 0 atom stereocenters. The van der Waals surface area contributed by atoms with Crippen molar-refractivity contribution < 1.29 is 14.4 Å². The van der Waals surface area contributed by atoms with Crippen LogP contribution >= 0.6 is 0 Å². The molecule has 0 heterocycles. The van der Waals surface area contributed by atoms with E-state index >= 15 is 0 Å². The van der Waals surface area contributed by atoms with Crippen LogP contribution in [0.5, 0.6) is 0 Å². The van der Waals surface area contributed by atoms with Gasteiger partial charge in [-0.05, 0) is 12.1 Å². The molecule has 0 aromatic heterocycles. The van der Waals surface area contributed by atoms with Crippen molar-refractivity contribution in [3.8, 4) is 0 Å². The van der Waals surface area contributed by atoms with Crippen molar-refractivity contribution in [1.29, 1.82) is 0 Å². The lowest BCUT2D eigenvalue weighted by Crippen LogP contribution is -2.37. The van der Waals surface area contributed by atoms with E-state index in [4.69, 9.17) is 0 Å². The van der Waals surface area contributed by atoms with Crippen LogP contribution in [0, 0.1) is 0 Å². The van der Waals surface area contributed by atoms with Gasteiger partial charge in [0, 0.05) is 12.6 Å². The SMILES string of the molecule is CONC(=O)CN(C)C(=O)c1ccccc1. The number of hydroxylamine groups is 1. The number of nitrogens with zero attached hydrogens (tertiary/aromatic N) is 1. The van der Waals surface area contributed by atoms with Crippen molar-refractivity contribution in [2.24, 2.45) is 0 Å². The first kappa shape index (κ1) is 12.2. The number of hydrogen-bond donors (Lipinski definition) is 1. The van der Waals surface area contributed by atoms with Crippen molar-refractivity contribution >= 4 is 11.8 Å². The van der Waals surface area contributed by atoms with Crippen molar-refractivity contribution in [2.45, 2.75) is 0 Å². The third kappa shape index (κ3) is 3.36. The minimum atomic E-state index is -0.366. The lowest BCUT2D eigenvalue weighted by Gasteiger charge is -2.16. The monoisotopic (exact) mass is 222 g/mol. The maximum absolute atomic E-state index is 11.8. The molecule has 0 unspecified atom stereocenters. The van der Waals surface area contributed by atoms with Gasteiger partial charge in [-0.3, -0.25) is 14.4 Å². The third-order valence-electron chi connectivity index (χ3n) is 1.96. The number of benzene rings is 1. The van der Waals surface area contributed by atoms with Crippen molar-refractivity contribution in [1.82, 2.24) is 10.4 Å². The summed E-state index contributed by atoms with van der Waals surface area (Å²) < 4.78 is 0. The second-order valence-corrected chi connectivity index (χ2v) is 3.26. The van der Waals surface area contributed by atoms with Gasteiger partial charge in [0.15, 0.2) is 0 Å². The van der Waals surface area contributed by atoms with Gasteiger partial charge in [-0.2, -0.15) is 0 Å². The van der Waals surface area contributed by atoms with E-state index in [0.29, 0.717) is 5.56 Å². The molecule has 0 radical (unpaired) electrons. The molecular formula is C11H14N2O3. The summed E-state index contributed by atoms with van der Waals surface area (Å²) in [7, 11) is 2.90. The normalized spacial score (nSPS) is 9.62. The lowest BCUT2D eigenvalue weighted by atomic mass is 10.2. The Balaban J connectivity index is 2.58. The van der Waals surface area contributed by atoms with E-state index in [-0.39, 0.29) is 18.4 Å². The summed E-state index contributed by atoms with van der Waals surface area (Å²) in [5.74, 6) is -0.568. The van der Waals surface area contributed by atoms with Crippen LogP contribution < -0.4 is 5.48 Å². The van der Waals surface area contributed by atoms with Gasteiger partial charge in [-0.1, -0.05) is 18.2 Å². The Kier molecular flexibility index (Phi) is 4.47. The molecule has 1 aromatic carbocycles. The first-order valence-corrected chi connectivity index (χ1v) is 4.77. The summed E-state index contributed by atoms with van der Waals surface area (Å²) in [5.41, 5.74) is 2.70. The lowest BCUT2D eigenvalue weighted by molar-refractivity contribution is -0.131. The molecule has 1 N–H and O–H groups in total. The molecule has 1 aromatic rings. The second kappa shape index (κ2) is 5.87. The molecule has 5 nitrogen and oxygen atoms in total. The van der Waals surface area contributed by atoms with Gasteiger partial charge in [-0.15, -0.1) is 0 Å². The predicted octanol–water partition coefficient (Wildman–Crippen LogP) is 0.436. The Morgan fingerprint density at radius 3 is 2.50 bits per heavy atom. The summed E-state index contributed by atoms with van der Waals surface area (Å²) in [6.07, 6.45) is 0. The number of likely N-dealkylation sites (N-methyl/N-ethyl adjacent to an activating group) is 1. The first-order valence-electron chi connectivity index (χ1n) is 4.77. The predicted molar refractivity (Wildman–Crippen MR) is 58.6 cm³/mol. The van der Waals surface area contributed by atoms with Gasteiger partial charge in [0.2, 0.25) is 0 Å². The summed E-state index contributed by atoms with van der Waals surface area (Å²) in [6, 6.07) is 8.78. The number of amides is 2. The topological polar surface area (TPSA) is 58.6 Å². The average molecular weight is 222 g/mol. The Hall–Kier alpha value is -1.88. The number of nitrogens with one attached hydrogen (secondary N) is 1. The fraction of sp³-hybridized carbons (Fsp3) is 0.273. The molecule has 0 aliphatic heterocycles. The van der Waals surface area contributed by atoms with E-state index in [1.54, 1.807) is 31.3 Å². The van der Waals surface area contributed by atoms with Gasteiger partial charge in [-0.25, -0.2) is 5.48 Å². The number of carbonyl (C=O) groups is 2. The molecule has 86 valence electrons. The molecule has 0 aliphatic rings. The van der Waals surface area contributed by atoms with E-state index < -0.39 is 0 Å². The highest BCUT2D eigenvalue weighted by atomic mass is 16.6. The van der Waals surface area contributed by atoms with Crippen LogP contribution in [0.1, 0.15) is 10.4 Å². The highest BCUT2D eigenvalue weighted by Crippen LogP contribution is 2.02. The van der Waals surface area contributed by atoms with Crippen molar-refractivity contribution in [3.63, 3.8) is 0 Å². The average Bonchev–Trinajstić information content (AvgIpc) is 2.29. The van der Waals surface area contributed by atoms with Gasteiger partial charge in [0.25, 0.3) is 11.8 Å². The van der Waals surface area contributed by atoms with Crippen LogP contribution in [0.25, 0.3) is 0 Å². The maximum Gasteiger partial charge on any atom is 0.263 e. The molecule has 16 heavy (non-hydrogen) atoms. The maximum atomic E-state index is 11.8.